The molecule has 11 aromatic rings. The van der Waals surface area contributed by atoms with Crippen LogP contribution in [0.2, 0.25) is 0 Å². The summed E-state index contributed by atoms with van der Waals surface area (Å²) in [6.07, 6.45) is 0. The zero-order valence-corrected chi connectivity index (χ0v) is 28.4. The van der Waals surface area contributed by atoms with Gasteiger partial charge in [-0.25, -0.2) is 0 Å². The van der Waals surface area contributed by atoms with Gasteiger partial charge in [0.25, 0.3) is 0 Å². The Morgan fingerprint density at radius 1 is 0.275 bits per heavy atom. The van der Waals surface area contributed by atoms with E-state index >= 15 is 0 Å². The van der Waals surface area contributed by atoms with Crippen LogP contribution in [0, 0.1) is 0 Å². The van der Waals surface area contributed by atoms with Gasteiger partial charge >= 0.3 is 0 Å². The van der Waals surface area contributed by atoms with Gasteiger partial charge in [0.1, 0.15) is 0 Å². The molecule has 0 N–H and O–H groups in total. The quantitative estimate of drug-likeness (QED) is 0.177. The van der Waals surface area contributed by atoms with Gasteiger partial charge in [-0.2, -0.15) is 0 Å². The van der Waals surface area contributed by atoms with Gasteiger partial charge in [0.15, 0.2) is 0 Å². The molecular formula is C48H30N2S. The van der Waals surface area contributed by atoms with Gasteiger partial charge in [-0.05, 0) is 82.9 Å². The lowest BCUT2D eigenvalue weighted by molar-refractivity contribution is 1.18. The van der Waals surface area contributed by atoms with Crippen molar-refractivity contribution >= 4 is 75.1 Å². The van der Waals surface area contributed by atoms with E-state index in [-0.39, 0.29) is 0 Å². The molecule has 0 aliphatic heterocycles. The fourth-order valence-corrected chi connectivity index (χ4v) is 9.27. The van der Waals surface area contributed by atoms with Crippen molar-refractivity contribution in [3.63, 3.8) is 0 Å². The van der Waals surface area contributed by atoms with Gasteiger partial charge in [-0.3, -0.25) is 0 Å². The van der Waals surface area contributed by atoms with Crippen molar-refractivity contribution in [2.45, 2.75) is 0 Å². The Balaban J connectivity index is 0.951. The molecule has 0 spiro atoms. The van der Waals surface area contributed by atoms with Crippen molar-refractivity contribution < 1.29 is 0 Å². The van der Waals surface area contributed by atoms with Crippen molar-refractivity contribution in [3.8, 4) is 33.6 Å². The van der Waals surface area contributed by atoms with E-state index in [2.05, 4.69) is 191 Å². The zero-order chi connectivity index (χ0) is 33.5. The van der Waals surface area contributed by atoms with Gasteiger partial charge in [-0.1, -0.05) is 121 Å². The number of thiophene rings is 1. The molecule has 0 saturated heterocycles. The SMILES string of the molecule is c1cc(-c2ccc(-c3ccc(-n4c5ccccc5c5cc6c(cc54)sc4ccccc46)cc3)cc2)cc(-n2c3ccccc3c3ccccc32)c1. The van der Waals surface area contributed by atoms with Crippen LogP contribution in [-0.4, -0.2) is 9.13 Å². The van der Waals surface area contributed by atoms with E-state index in [1.54, 1.807) is 0 Å². The molecule has 0 unspecified atom stereocenters. The van der Waals surface area contributed by atoms with E-state index in [0.29, 0.717) is 0 Å². The van der Waals surface area contributed by atoms with Crippen LogP contribution in [0.25, 0.3) is 97.4 Å². The number of hydrogen-bond acceptors (Lipinski definition) is 1. The molecule has 8 aromatic carbocycles. The van der Waals surface area contributed by atoms with Crippen LogP contribution in [0.3, 0.4) is 0 Å². The lowest BCUT2D eigenvalue weighted by Crippen LogP contribution is -1.94. The van der Waals surface area contributed by atoms with Crippen LogP contribution in [0.15, 0.2) is 182 Å². The second-order valence-corrected chi connectivity index (χ2v) is 14.4. The fraction of sp³-hybridized carbons (Fsp3) is 0. The fourth-order valence-electron chi connectivity index (χ4n) is 8.15. The standard InChI is InChI=1S/C48H30N2S/c1-5-16-43-37(12-1)38-13-2-6-17-44(38)50(43)36-11-9-10-34(28-36)33-22-20-31(21-23-33)32-24-26-35(27-25-32)49-45-18-7-3-14-39(45)41-29-42-40-15-4-8-19-47(40)51-48(42)30-46(41)49/h1-30H. The van der Waals surface area contributed by atoms with Gasteiger partial charge in [0.2, 0.25) is 0 Å². The highest BCUT2D eigenvalue weighted by molar-refractivity contribution is 7.25. The third kappa shape index (κ3) is 4.35. The summed E-state index contributed by atoms with van der Waals surface area (Å²) in [5, 5.41) is 7.81. The van der Waals surface area contributed by atoms with Gasteiger partial charge in [-0.15, -0.1) is 11.3 Å². The molecule has 0 saturated carbocycles. The van der Waals surface area contributed by atoms with Gasteiger partial charge < -0.3 is 9.13 Å². The molecule has 2 nitrogen and oxygen atoms in total. The molecule has 0 bridgehead atoms. The van der Waals surface area contributed by atoms with E-state index in [1.165, 1.54) is 97.4 Å². The molecule has 3 heteroatoms. The van der Waals surface area contributed by atoms with Crippen LogP contribution >= 0.6 is 11.3 Å². The van der Waals surface area contributed by atoms with Crippen molar-refractivity contribution in [1.82, 2.24) is 9.13 Å². The van der Waals surface area contributed by atoms with Crippen LogP contribution in [0.4, 0.5) is 0 Å². The predicted molar refractivity (Wildman–Crippen MR) is 219 cm³/mol. The number of nitrogens with zero attached hydrogens (tertiary/aromatic N) is 2. The summed E-state index contributed by atoms with van der Waals surface area (Å²) >= 11 is 1.88. The van der Waals surface area contributed by atoms with Crippen LogP contribution in [-0.2, 0) is 0 Å². The summed E-state index contributed by atoms with van der Waals surface area (Å²) in [4.78, 5) is 0. The maximum Gasteiger partial charge on any atom is 0.0555 e. The molecule has 0 aliphatic carbocycles. The van der Waals surface area contributed by atoms with E-state index < -0.39 is 0 Å². The summed E-state index contributed by atoms with van der Waals surface area (Å²) in [5.74, 6) is 0. The molecule has 3 heterocycles. The lowest BCUT2D eigenvalue weighted by atomic mass is 10.00. The van der Waals surface area contributed by atoms with E-state index in [9.17, 15) is 0 Å². The van der Waals surface area contributed by atoms with Crippen LogP contribution in [0.5, 0.6) is 0 Å². The third-order valence-electron chi connectivity index (χ3n) is 10.5. The molecule has 0 atom stereocenters. The Bertz CT molecular complexity index is 3070. The lowest BCUT2D eigenvalue weighted by Gasteiger charge is -2.11. The van der Waals surface area contributed by atoms with Crippen LogP contribution in [0.1, 0.15) is 0 Å². The minimum Gasteiger partial charge on any atom is -0.309 e. The minimum atomic E-state index is 1.17. The molecule has 51 heavy (non-hydrogen) atoms. The third-order valence-corrected chi connectivity index (χ3v) is 11.7. The summed E-state index contributed by atoms with van der Waals surface area (Å²) < 4.78 is 7.46. The second-order valence-electron chi connectivity index (χ2n) is 13.4. The average Bonchev–Trinajstić information content (AvgIpc) is 3.84. The topological polar surface area (TPSA) is 9.86 Å². The van der Waals surface area contributed by atoms with Crippen molar-refractivity contribution in [2.75, 3.05) is 0 Å². The first-order valence-electron chi connectivity index (χ1n) is 17.4. The van der Waals surface area contributed by atoms with E-state index in [1.807, 2.05) is 11.3 Å². The van der Waals surface area contributed by atoms with Crippen molar-refractivity contribution in [3.05, 3.63) is 182 Å². The largest absolute Gasteiger partial charge is 0.309 e. The van der Waals surface area contributed by atoms with Gasteiger partial charge in [0.05, 0.1) is 22.1 Å². The predicted octanol–water partition coefficient (Wildman–Crippen LogP) is 13.6. The Labute approximate surface area is 298 Å². The highest BCUT2D eigenvalue weighted by Crippen LogP contribution is 2.41. The number of rotatable bonds is 4. The monoisotopic (exact) mass is 666 g/mol. The summed E-state index contributed by atoms with van der Waals surface area (Å²) in [7, 11) is 0. The number of hydrogen-bond donors (Lipinski definition) is 0. The van der Waals surface area contributed by atoms with E-state index in [4.69, 9.17) is 0 Å². The first-order valence-corrected chi connectivity index (χ1v) is 18.2. The molecule has 0 radical (unpaired) electrons. The smallest absolute Gasteiger partial charge is 0.0555 e. The number of para-hydroxylation sites is 3. The van der Waals surface area contributed by atoms with E-state index in [0.717, 1.165) is 0 Å². The summed E-state index contributed by atoms with van der Waals surface area (Å²) in [5.41, 5.74) is 12.1. The average molecular weight is 667 g/mol. The first-order chi connectivity index (χ1) is 25.3. The zero-order valence-electron chi connectivity index (χ0n) is 27.6. The highest BCUT2D eigenvalue weighted by Gasteiger charge is 2.16. The molecular weight excluding hydrogens is 637 g/mol. The number of benzene rings is 8. The Morgan fingerprint density at radius 3 is 1.43 bits per heavy atom. The molecule has 11 rings (SSSR count). The molecule has 0 fully saturated rings. The Kier molecular flexibility index (Phi) is 6.16. The number of fused-ring (bicyclic) bond motifs is 9. The normalized spacial score (nSPS) is 11.9. The van der Waals surface area contributed by atoms with Gasteiger partial charge in [0, 0.05) is 53.1 Å². The minimum absolute atomic E-state index is 1.17. The maximum atomic E-state index is 2.42. The Hall–Kier alpha value is -6.42. The molecule has 3 aromatic heterocycles. The second kappa shape index (κ2) is 11.0. The first kappa shape index (κ1) is 28.4. The molecule has 0 amide bonds. The highest BCUT2D eigenvalue weighted by atomic mass is 32.1. The van der Waals surface area contributed by atoms with Crippen LogP contribution < -0.4 is 0 Å². The number of aromatic nitrogens is 2. The molecule has 0 aliphatic rings. The Morgan fingerprint density at radius 2 is 0.784 bits per heavy atom. The maximum absolute atomic E-state index is 2.42. The summed E-state index contributed by atoms with van der Waals surface area (Å²) in [6.45, 7) is 0. The molecule has 238 valence electrons. The summed E-state index contributed by atoms with van der Waals surface area (Å²) in [6, 6.07) is 66.6. The van der Waals surface area contributed by atoms with Crippen molar-refractivity contribution in [1.29, 1.82) is 0 Å². The van der Waals surface area contributed by atoms with Crippen molar-refractivity contribution in [2.24, 2.45) is 0 Å².